The van der Waals surface area contributed by atoms with Gasteiger partial charge in [-0.3, -0.25) is 9.10 Å². The molecular formula is C23H30N2O5S. The Labute approximate surface area is 184 Å². The molecule has 0 spiro atoms. The zero-order chi connectivity index (χ0) is 22.8. The van der Waals surface area contributed by atoms with Gasteiger partial charge in [0.25, 0.3) is 0 Å². The van der Waals surface area contributed by atoms with Gasteiger partial charge in [-0.05, 0) is 68.1 Å². The predicted octanol–water partition coefficient (Wildman–Crippen LogP) is 3.50. The molecule has 168 valence electrons. The summed E-state index contributed by atoms with van der Waals surface area (Å²) in [6, 6.07) is 9.75. The first-order valence-electron chi connectivity index (χ1n) is 10.4. The number of anilines is 1. The molecule has 1 amide bonds. The lowest BCUT2D eigenvalue weighted by atomic mass is 10.1. The van der Waals surface area contributed by atoms with Crippen molar-refractivity contribution in [3.8, 4) is 11.5 Å². The van der Waals surface area contributed by atoms with Gasteiger partial charge in [-0.2, -0.15) is 0 Å². The summed E-state index contributed by atoms with van der Waals surface area (Å²) in [7, 11) is -3.68. The Morgan fingerprint density at radius 1 is 1.06 bits per heavy atom. The molecule has 0 bridgehead atoms. The molecular weight excluding hydrogens is 416 g/mol. The van der Waals surface area contributed by atoms with Gasteiger partial charge in [0.1, 0.15) is 19.3 Å². The van der Waals surface area contributed by atoms with Crippen molar-refractivity contribution in [2.24, 2.45) is 0 Å². The zero-order valence-electron chi connectivity index (χ0n) is 18.6. The molecule has 0 saturated carbocycles. The zero-order valence-corrected chi connectivity index (χ0v) is 19.5. The fourth-order valence-corrected chi connectivity index (χ4v) is 4.85. The van der Waals surface area contributed by atoms with E-state index >= 15 is 0 Å². The van der Waals surface area contributed by atoms with E-state index < -0.39 is 16.1 Å². The van der Waals surface area contributed by atoms with Crippen molar-refractivity contribution >= 4 is 21.6 Å². The standard InChI is InChI=1S/C23H30N2O5S/c1-6-20(25(31(5,27)28)19-9-7-15(2)16(3)13-19)23(26)24-17(4)18-8-10-21-22(14-18)30-12-11-29-21/h7-10,13-14,17,20H,6,11-12H2,1-5H3,(H,24,26)/t17-,20+/m0/s1. The number of nitrogens with one attached hydrogen (secondary N) is 1. The summed E-state index contributed by atoms with van der Waals surface area (Å²) in [6.45, 7) is 8.53. The van der Waals surface area contributed by atoms with Crippen LogP contribution in [0.15, 0.2) is 36.4 Å². The van der Waals surface area contributed by atoms with Gasteiger partial charge in [-0.1, -0.05) is 19.1 Å². The number of amides is 1. The Kier molecular flexibility index (Phi) is 6.79. The van der Waals surface area contributed by atoms with Gasteiger partial charge in [0.2, 0.25) is 15.9 Å². The van der Waals surface area contributed by atoms with Crippen LogP contribution in [-0.2, 0) is 14.8 Å². The molecule has 8 heteroatoms. The molecule has 2 atom stereocenters. The maximum absolute atomic E-state index is 13.2. The van der Waals surface area contributed by atoms with E-state index in [4.69, 9.17) is 9.47 Å². The first-order chi connectivity index (χ1) is 14.6. The van der Waals surface area contributed by atoms with Gasteiger partial charge in [-0.15, -0.1) is 0 Å². The SMILES string of the molecule is CC[C@H](C(=O)N[C@@H](C)c1ccc2c(c1)OCCO2)N(c1ccc(C)c(C)c1)S(C)(=O)=O. The number of aryl methyl sites for hydroxylation is 2. The second-order valence-corrected chi connectivity index (χ2v) is 9.74. The number of sulfonamides is 1. The monoisotopic (exact) mass is 446 g/mol. The largest absolute Gasteiger partial charge is 0.486 e. The van der Waals surface area contributed by atoms with Crippen molar-refractivity contribution in [1.29, 1.82) is 0 Å². The number of carbonyl (C=O) groups excluding carboxylic acids is 1. The molecule has 0 fully saturated rings. The predicted molar refractivity (Wildman–Crippen MR) is 121 cm³/mol. The average molecular weight is 447 g/mol. The van der Waals surface area contributed by atoms with Crippen LogP contribution in [0.25, 0.3) is 0 Å². The third-order valence-electron chi connectivity index (χ3n) is 5.50. The average Bonchev–Trinajstić information content (AvgIpc) is 2.72. The number of carbonyl (C=O) groups is 1. The Bertz CT molecular complexity index is 1070. The van der Waals surface area contributed by atoms with Crippen LogP contribution < -0.4 is 19.1 Å². The highest BCUT2D eigenvalue weighted by Crippen LogP contribution is 2.33. The molecule has 3 rings (SSSR count). The minimum atomic E-state index is -3.68. The maximum Gasteiger partial charge on any atom is 0.244 e. The fourth-order valence-electron chi connectivity index (χ4n) is 3.65. The van der Waals surface area contributed by atoms with Crippen LogP contribution in [0.2, 0.25) is 0 Å². The molecule has 1 heterocycles. The Hall–Kier alpha value is -2.74. The fraction of sp³-hybridized carbons (Fsp3) is 0.435. The van der Waals surface area contributed by atoms with E-state index in [1.807, 2.05) is 45.0 Å². The minimum absolute atomic E-state index is 0.333. The van der Waals surface area contributed by atoms with Gasteiger partial charge in [0, 0.05) is 0 Å². The van der Waals surface area contributed by atoms with Crippen LogP contribution >= 0.6 is 0 Å². The van der Waals surface area contributed by atoms with Gasteiger partial charge >= 0.3 is 0 Å². The number of hydrogen-bond acceptors (Lipinski definition) is 5. The van der Waals surface area contributed by atoms with Crippen LogP contribution in [0, 0.1) is 13.8 Å². The lowest BCUT2D eigenvalue weighted by Gasteiger charge is -2.31. The van der Waals surface area contributed by atoms with Gasteiger partial charge in [-0.25, -0.2) is 8.42 Å². The molecule has 0 aromatic heterocycles. The van der Waals surface area contributed by atoms with Crippen molar-refractivity contribution in [3.63, 3.8) is 0 Å². The molecule has 0 saturated heterocycles. The third-order valence-corrected chi connectivity index (χ3v) is 6.68. The number of hydrogen-bond donors (Lipinski definition) is 1. The molecule has 31 heavy (non-hydrogen) atoms. The number of ether oxygens (including phenoxy) is 2. The Morgan fingerprint density at radius 3 is 2.35 bits per heavy atom. The lowest BCUT2D eigenvalue weighted by Crippen LogP contribution is -2.49. The van der Waals surface area contributed by atoms with Crippen molar-refractivity contribution in [1.82, 2.24) is 5.32 Å². The van der Waals surface area contributed by atoms with E-state index in [0.717, 1.165) is 22.9 Å². The van der Waals surface area contributed by atoms with Crippen LogP contribution in [0.1, 0.15) is 43.0 Å². The lowest BCUT2D eigenvalue weighted by molar-refractivity contribution is -0.122. The summed E-state index contributed by atoms with van der Waals surface area (Å²) in [6.07, 6.45) is 1.46. The summed E-state index contributed by atoms with van der Waals surface area (Å²) in [4.78, 5) is 13.2. The van der Waals surface area contributed by atoms with E-state index in [1.54, 1.807) is 19.1 Å². The van der Waals surface area contributed by atoms with Crippen LogP contribution in [0.5, 0.6) is 11.5 Å². The second-order valence-electron chi connectivity index (χ2n) is 7.88. The third kappa shape index (κ3) is 5.12. The number of benzene rings is 2. The molecule has 0 aliphatic carbocycles. The summed E-state index contributed by atoms with van der Waals surface area (Å²) in [5, 5.41) is 2.96. The molecule has 1 aliphatic heterocycles. The molecule has 1 N–H and O–H groups in total. The highest BCUT2D eigenvalue weighted by atomic mass is 32.2. The molecule has 0 unspecified atom stereocenters. The van der Waals surface area contributed by atoms with Crippen molar-refractivity contribution in [3.05, 3.63) is 53.1 Å². The van der Waals surface area contributed by atoms with Crippen molar-refractivity contribution in [2.75, 3.05) is 23.8 Å². The van der Waals surface area contributed by atoms with Gasteiger partial charge in [0.15, 0.2) is 11.5 Å². The first kappa shape index (κ1) is 22.9. The Morgan fingerprint density at radius 2 is 1.74 bits per heavy atom. The molecule has 1 aliphatic rings. The van der Waals surface area contributed by atoms with Gasteiger partial charge < -0.3 is 14.8 Å². The first-order valence-corrected chi connectivity index (χ1v) is 12.2. The van der Waals surface area contributed by atoms with E-state index in [1.165, 1.54) is 4.31 Å². The Balaban J connectivity index is 1.85. The van der Waals surface area contributed by atoms with Crippen LogP contribution in [0.3, 0.4) is 0 Å². The van der Waals surface area contributed by atoms with Crippen molar-refractivity contribution < 1.29 is 22.7 Å². The normalized spacial score (nSPS) is 15.1. The number of fused-ring (bicyclic) bond motifs is 1. The molecule has 7 nitrogen and oxygen atoms in total. The smallest absolute Gasteiger partial charge is 0.244 e. The van der Waals surface area contributed by atoms with E-state index in [0.29, 0.717) is 36.8 Å². The summed E-state index contributed by atoms with van der Waals surface area (Å²) >= 11 is 0. The van der Waals surface area contributed by atoms with E-state index in [2.05, 4.69) is 5.32 Å². The highest BCUT2D eigenvalue weighted by Gasteiger charge is 2.32. The van der Waals surface area contributed by atoms with E-state index in [-0.39, 0.29) is 11.9 Å². The van der Waals surface area contributed by atoms with Crippen LogP contribution in [0.4, 0.5) is 5.69 Å². The summed E-state index contributed by atoms with van der Waals surface area (Å²) in [5.74, 6) is 0.969. The highest BCUT2D eigenvalue weighted by molar-refractivity contribution is 7.92. The number of rotatable bonds is 7. The molecule has 2 aromatic carbocycles. The molecule has 2 aromatic rings. The van der Waals surface area contributed by atoms with Crippen LogP contribution in [-0.4, -0.2) is 39.8 Å². The second kappa shape index (κ2) is 9.18. The van der Waals surface area contributed by atoms with Crippen molar-refractivity contribution in [2.45, 2.75) is 46.2 Å². The number of nitrogens with zero attached hydrogens (tertiary/aromatic N) is 1. The summed E-state index contributed by atoms with van der Waals surface area (Å²) in [5.41, 5.74) is 3.36. The maximum atomic E-state index is 13.2. The molecule has 0 radical (unpaired) electrons. The summed E-state index contributed by atoms with van der Waals surface area (Å²) < 4.78 is 37.7. The topological polar surface area (TPSA) is 84.9 Å². The van der Waals surface area contributed by atoms with E-state index in [9.17, 15) is 13.2 Å². The quantitative estimate of drug-likeness (QED) is 0.704. The minimum Gasteiger partial charge on any atom is -0.486 e. The van der Waals surface area contributed by atoms with Gasteiger partial charge in [0.05, 0.1) is 18.0 Å².